The number of halogens is 4. The van der Waals surface area contributed by atoms with Gasteiger partial charge in [-0.25, -0.2) is 0 Å². The summed E-state index contributed by atoms with van der Waals surface area (Å²) in [6, 6.07) is 3.95. The Balaban J connectivity index is 2.38. The van der Waals surface area contributed by atoms with Gasteiger partial charge >= 0.3 is 6.18 Å². The van der Waals surface area contributed by atoms with Gasteiger partial charge in [0.2, 0.25) is 0 Å². The number of hydrogen-bond acceptors (Lipinski definition) is 2. The van der Waals surface area contributed by atoms with E-state index in [1.807, 2.05) is 0 Å². The topological polar surface area (TPSA) is 15.3 Å². The lowest BCUT2D eigenvalue weighted by atomic mass is 9.98. The van der Waals surface area contributed by atoms with Crippen LogP contribution in [0.15, 0.2) is 30.9 Å². The molecule has 1 aliphatic heterocycles. The van der Waals surface area contributed by atoms with E-state index < -0.39 is 11.7 Å². The van der Waals surface area contributed by atoms with Gasteiger partial charge in [-0.1, -0.05) is 29.8 Å². The highest BCUT2D eigenvalue weighted by atomic mass is 35.5. The molecule has 0 spiro atoms. The zero-order valence-corrected chi connectivity index (χ0v) is 12.3. The standard InChI is InChI=1S/C15H18ClF3N2/c1-2-4-13(21-9-7-20-8-10-21)11-5-3-6-12(14(11)16)15(17,18)19/h2-3,5-6,13,20H,1,4,7-10H2/t13-/m1/s1. The van der Waals surface area contributed by atoms with Crippen molar-refractivity contribution in [2.75, 3.05) is 26.2 Å². The van der Waals surface area contributed by atoms with Crippen molar-refractivity contribution < 1.29 is 13.2 Å². The van der Waals surface area contributed by atoms with Crippen LogP contribution in [-0.2, 0) is 6.18 Å². The molecular weight excluding hydrogens is 301 g/mol. The van der Waals surface area contributed by atoms with Crippen molar-refractivity contribution in [2.24, 2.45) is 0 Å². The lowest BCUT2D eigenvalue weighted by Crippen LogP contribution is -2.45. The minimum Gasteiger partial charge on any atom is -0.314 e. The molecule has 1 aromatic rings. The molecule has 0 bridgehead atoms. The van der Waals surface area contributed by atoms with Crippen molar-refractivity contribution in [3.63, 3.8) is 0 Å². The van der Waals surface area contributed by atoms with E-state index in [2.05, 4.69) is 16.8 Å². The molecule has 1 N–H and O–H groups in total. The molecule has 2 nitrogen and oxygen atoms in total. The first-order valence-corrected chi connectivity index (χ1v) is 7.24. The molecule has 6 heteroatoms. The van der Waals surface area contributed by atoms with Gasteiger partial charge in [-0.2, -0.15) is 13.2 Å². The number of piperazine rings is 1. The van der Waals surface area contributed by atoms with E-state index in [1.54, 1.807) is 12.1 Å². The maximum Gasteiger partial charge on any atom is 0.417 e. The van der Waals surface area contributed by atoms with Crippen LogP contribution in [0.3, 0.4) is 0 Å². The second-order valence-corrected chi connectivity index (χ2v) is 5.41. The highest BCUT2D eigenvalue weighted by Crippen LogP contribution is 2.40. The van der Waals surface area contributed by atoms with E-state index in [0.29, 0.717) is 12.0 Å². The number of rotatable bonds is 4. The molecule has 0 saturated carbocycles. The summed E-state index contributed by atoms with van der Waals surface area (Å²) < 4.78 is 39.0. The summed E-state index contributed by atoms with van der Waals surface area (Å²) >= 11 is 6.05. The molecule has 1 aromatic carbocycles. The fraction of sp³-hybridized carbons (Fsp3) is 0.467. The van der Waals surface area contributed by atoms with Crippen LogP contribution in [0.4, 0.5) is 13.2 Å². The normalized spacial score (nSPS) is 18.5. The molecule has 1 fully saturated rings. The van der Waals surface area contributed by atoms with Gasteiger partial charge in [0.15, 0.2) is 0 Å². The Labute approximate surface area is 127 Å². The third kappa shape index (κ3) is 3.78. The summed E-state index contributed by atoms with van der Waals surface area (Å²) in [4.78, 5) is 2.15. The van der Waals surface area contributed by atoms with E-state index in [0.717, 1.165) is 32.2 Å². The van der Waals surface area contributed by atoms with Crippen molar-refractivity contribution in [1.29, 1.82) is 0 Å². The summed E-state index contributed by atoms with van der Waals surface area (Å²) in [5.74, 6) is 0. The Morgan fingerprint density at radius 2 is 2.00 bits per heavy atom. The van der Waals surface area contributed by atoms with Gasteiger partial charge in [-0.15, -0.1) is 6.58 Å². The van der Waals surface area contributed by atoms with Crippen LogP contribution in [0.1, 0.15) is 23.6 Å². The van der Waals surface area contributed by atoms with Crippen LogP contribution < -0.4 is 5.32 Å². The lowest BCUT2D eigenvalue weighted by Gasteiger charge is -2.35. The van der Waals surface area contributed by atoms with Crippen LogP contribution in [-0.4, -0.2) is 31.1 Å². The Kier molecular flexibility index (Phi) is 5.30. The van der Waals surface area contributed by atoms with Crippen molar-refractivity contribution in [3.8, 4) is 0 Å². The first-order valence-electron chi connectivity index (χ1n) is 6.86. The first-order chi connectivity index (χ1) is 9.95. The maximum atomic E-state index is 13.0. The summed E-state index contributed by atoms with van der Waals surface area (Å²) in [7, 11) is 0. The number of hydrogen-bond donors (Lipinski definition) is 1. The molecule has 0 aliphatic carbocycles. The smallest absolute Gasteiger partial charge is 0.314 e. The Morgan fingerprint density at radius 3 is 2.57 bits per heavy atom. The van der Waals surface area contributed by atoms with Gasteiger partial charge in [0.1, 0.15) is 0 Å². The van der Waals surface area contributed by atoms with Crippen LogP contribution >= 0.6 is 11.6 Å². The predicted molar refractivity (Wildman–Crippen MR) is 78.5 cm³/mol. The van der Waals surface area contributed by atoms with Crippen LogP contribution in [0, 0.1) is 0 Å². The van der Waals surface area contributed by atoms with Crippen LogP contribution in [0.2, 0.25) is 5.02 Å². The minimum atomic E-state index is -4.44. The Hall–Kier alpha value is -1.04. The number of alkyl halides is 3. The number of benzene rings is 1. The average molecular weight is 319 g/mol. The fourth-order valence-electron chi connectivity index (χ4n) is 2.65. The zero-order chi connectivity index (χ0) is 15.5. The van der Waals surface area contributed by atoms with Crippen molar-refractivity contribution in [1.82, 2.24) is 10.2 Å². The molecule has 1 aliphatic rings. The van der Waals surface area contributed by atoms with Crippen molar-refractivity contribution >= 4 is 11.6 Å². The molecule has 0 radical (unpaired) electrons. The summed E-state index contributed by atoms with van der Waals surface area (Å²) in [6.07, 6.45) is -2.14. The Bertz CT molecular complexity index is 496. The molecule has 0 aromatic heterocycles. The second-order valence-electron chi connectivity index (χ2n) is 5.03. The number of nitrogens with zero attached hydrogens (tertiary/aromatic N) is 1. The van der Waals surface area contributed by atoms with E-state index >= 15 is 0 Å². The van der Waals surface area contributed by atoms with Gasteiger partial charge in [-0.3, -0.25) is 4.90 Å². The third-order valence-corrected chi connectivity index (χ3v) is 4.10. The molecule has 0 amide bonds. The van der Waals surface area contributed by atoms with Crippen LogP contribution in [0.25, 0.3) is 0 Å². The molecule has 116 valence electrons. The summed E-state index contributed by atoms with van der Waals surface area (Å²) in [6.45, 7) is 6.93. The van der Waals surface area contributed by atoms with Crippen LogP contribution in [0.5, 0.6) is 0 Å². The summed E-state index contributed by atoms with van der Waals surface area (Å²) in [5.41, 5.74) is -0.251. The van der Waals surface area contributed by atoms with E-state index in [9.17, 15) is 13.2 Å². The highest BCUT2D eigenvalue weighted by Gasteiger charge is 2.35. The molecule has 1 saturated heterocycles. The predicted octanol–water partition coefficient (Wildman–Crippen LogP) is 3.88. The van der Waals surface area contributed by atoms with Gasteiger partial charge in [0.05, 0.1) is 10.6 Å². The quantitative estimate of drug-likeness (QED) is 0.848. The van der Waals surface area contributed by atoms with Gasteiger partial charge < -0.3 is 5.32 Å². The average Bonchev–Trinajstić information content (AvgIpc) is 2.45. The summed E-state index contributed by atoms with van der Waals surface area (Å²) in [5, 5.41) is 3.03. The SMILES string of the molecule is C=CC[C@H](c1cccc(C(F)(F)F)c1Cl)N1CCNCC1. The molecule has 0 unspecified atom stereocenters. The van der Waals surface area contributed by atoms with Gasteiger partial charge in [-0.05, 0) is 18.1 Å². The Morgan fingerprint density at radius 1 is 1.33 bits per heavy atom. The van der Waals surface area contributed by atoms with E-state index in [-0.39, 0.29) is 11.1 Å². The minimum absolute atomic E-state index is 0.167. The van der Waals surface area contributed by atoms with Gasteiger partial charge in [0, 0.05) is 32.2 Å². The first kappa shape index (κ1) is 16.3. The molecule has 1 heterocycles. The lowest BCUT2D eigenvalue weighted by molar-refractivity contribution is -0.137. The van der Waals surface area contributed by atoms with Gasteiger partial charge in [0.25, 0.3) is 0 Å². The maximum absolute atomic E-state index is 13.0. The zero-order valence-electron chi connectivity index (χ0n) is 11.6. The second kappa shape index (κ2) is 6.81. The highest BCUT2D eigenvalue weighted by molar-refractivity contribution is 6.32. The molecule has 21 heavy (non-hydrogen) atoms. The largest absolute Gasteiger partial charge is 0.417 e. The van der Waals surface area contributed by atoms with Crippen molar-refractivity contribution in [3.05, 3.63) is 47.0 Å². The molecule has 2 rings (SSSR count). The molecular formula is C15H18ClF3N2. The number of nitrogens with one attached hydrogen (secondary N) is 1. The fourth-order valence-corrected chi connectivity index (χ4v) is 3.01. The van der Waals surface area contributed by atoms with Crippen molar-refractivity contribution in [2.45, 2.75) is 18.6 Å². The van der Waals surface area contributed by atoms with E-state index in [4.69, 9.17) is 11.6 Å². The third-order valence-electron chi connectivity index (χ3n) is 3.68. The van der Waals surface area contributed by atoms with E-state index in [1.165, 1.54) is 6.07 Å². The monoisotopic (exact) mass is 318 g/mol. The molecule has 1 atom stereocenters.